The molecule has 1 aliphatic carbocycles. The summed E-state index contributed by atoms with van der Waals surface area (Å²) in [6.45, 7) is 1.40. The molecule has 0 N–H and O–H groups in total. The topological polar surface area (TPSA) is 61.2 Å². The van der Waals surface area contributed by atoms with Crippen LogP contribution in [0.1, 0.15) is 31.2 Å². The van der Waals surface area contributed by atoms with Gasteiger partial charge in [-0.15, -0.1) is 0 Å². The standard InChI is InChI=1S/C20H18N2O2/c21-13-14-5-6-17(16-4-2-1-3-15(14)16)22-11-9-20(10-12-22)18(23)7-8-19(20)24/h1-6H,7-12H2. The van der Waals surface area contributed by atoms with Gasteiger partial charge in [0.2, 0.25) is 0 Å². The van der Waals surface area contributed by atoms with Crippen molar-refractivity contribution in [1.29, 1.82) is 5.26 Å². The maximum absolute atomic E-state index is 12.2. The third-order valence-corrected chi connectivity index (χ3v) is 5.63. The SMILES string of the molecule is N#Cc1ccc(N2CCC3(CC2)C(=O)CCC3=O)c2ccccc12. The minimum absolute atomic E-state index is 0.136. The lowest BCUT2D eigenvalue weighted by Crippen LogP contribution is -2.45. The second-order valence-electron chi connectivity index (χ2n) is 6.71. The first-order valence-corrected chi connectivity index (χ1v) is 8.39. The molecule has 2 aromatic rings. The van der Waals surface area contributed by atoms with Crippen molar-refractivity contribution in [2.45, 2.75) is 25.7 Å². The van der Waals surface area contributed by atoms with E-state index in [4.69, 9.17) is 0 Å². The molecule has 2 aliphatic rings. The Bertz CT molecular complexity index is 868. The fourth-order valence-electron chi connectivity index (χ4n) is 4.20. The summed E-state index contributed by atoms with van der Waals surface area (Å²) in [4.78, 5) is 26.7. The van der Waals surface area contributed by atoms with E-state index in [1.165, 1.54) is 0 Å². The van der Waals surface area contributed by atoms with Gasteiger partial charge in [-0.05, 0) is 25.0 Å². The Morgan fingerprint density at radius 1 is 0.917 bits per heavy atom. The van der Waals surface area contributed by atoms with Crippen molar-refractivity contribution in [2.24, 2.45) is 5.41 Å². The Morgan fingerprint density at radius 2 is 1.54 bits per heavy atom. The van der Waals surface area contributed by atoms with Crippen LogP contribution in [0.15, 0.2) is 36.4 Å². The summed E-state index contributed by atoms with van der Waals surface area (Å²) in [5.74, 6) is 0.272. The Kier molecular flexibility index (Phi) is 3.38. The van der Waals surface area contributed by atoms with Gasteiger partial charge in [0.1, 0.15) is 11.6 Å². The number of hydrogen-bond acceptors (Lipinski definition) is 4. The molecular weight excluding hydrogens is 300 g/mol. The smallest absolute Gasteiger partial charge is 0.146 e. The van der Waals surface area contributed by atoms with Gasteiger partial charge in [-0.3, -0.25) is 9.59 Å². The number of piperidine rings is 1. The number of hydrogen-bond donors (Lipinski definition) is 0. The van der Waals surface area contributed by atoms with Crippen LogP contribution in [0, 0.1) is 16.7 Å². The summed E-state index contributed by atoms with van der Waals surface area (Å²) in [6.07, 6.45) is 2.05. The van der Waals surface area contributed by atoms with Gasteiger partial charge in [-0.2, -0.15) is 5.26 Å². The summed E-state index contributed by atoms with van der Waals surface area (Å²) in [5.41, 5.74) is 1.04. The highest BCUT2D eigenvalue weighted by Gasteiger charge is 2.50. The molecule has 4 heteroatoms. The van der Waals surface area contributed by atoms with Gasteiger partial charge >= 0.3 is 0 Å². The van der Waals surface area contributed by atoms with Gasteiger partial charge < -0.3 is 4.90 Å². The molecule has 1 heterocycles. The van der Waals surface area contributed by atoms with Gasteiger partial charge in [0, 0.05) is 42.4 Å². The third-order valence-electron chi connectivity index (χ3n) is 5.63. The Hall–Kier alpha value is -2.67. The van der Waals surface area contributed by atoms with Crippen molar-refractivity contribution in [1.82, 2.24) is 0 Å². The molecule has 0 atom stereocenters. The first-order valence-electron chi connectivity index (χ1n) is 8.39. The largest absolute Gasteiger partial charge is 0.371 e. The molecule has 4 nitrogen and oxygen atoms in total. The second-order valence-corrected chi connectivity index (χ2v) is 6.71. The molecule has 2 fully saturated rings. The number of nitriles is 1. The summed E-state index contributed by atoms with van der Waals surface area (Å²) >= 11 is 0. The molecule has 0 radical (unpaired) electrons. The summed E-state index contributed by atoms with van der Waals surface area (Å²) in [5, 5.41) is 11.3. The number of carbonyl (C=O) groups is 2. The number of anilines is 1. The van der Waals surface area contributed by atoms with Crippen LogP contribution in [-0.4, -0.2) is 24.7 Å². The number of nitrogens with zero attached hydrogens (tertiary/aromatic N) is 2. The first-order chi connectivity index (χ1) is 11.7. The van der Waals surface area contributed by atoms with Crippen LogP contribution in [0.5, 0.6) is 0 Å². The minimum Gasteiger partial charge on any atom is -0.371 e. The lowest BCUT2D eigenvalue weighted by molar-refractivity contribution is -0.136. The molecule has 4 rings (SSSR count). The molecule has 120 valence electrons. The number of Topliss-reactive ketones (excluding diaryl/α,β-unsaturated/α-hetero) is 2. The molecule has 0 bridgehead atoms. The zero-order valence-corrected chi connectivity index (χ0v) is 13.4. The highest BCUT2D eigenvalue weighted by atomic mass is 16.2. The molecule has 1 saturated carbocycles. The highest BCUT2D eigenvalue weighted by Crippen LogP contribution is 2.42. The van der Waals surface area contributed by atoms with E-state index >= 15 is 0 Å². The van der Waals surface area contributed by atoms with Gasteiger partial charge in [0.05, 0.1) is 17.0 Å². The maximum Gasteiger partial charge on any atom is 0.146 e. The van der Waals surface area contributed by atoms with E-state index in [0.717, 1.165) is 16.5 Å². The lowest BCUT2D eigenvalue weighted by Gasteiger charge is -2.38. The van der Waals surface area contributed by atoms with Crippen LogP contribution in [0.4, 0.5) is 5.69 Å². The van der Waals surface area contributed by atoms with Crippen LogP contribution in [0.3, 0.4) is 0 Å². The Balaban J connectivity index is 1.68. The molecule has 24 heavy (non-hydrogen) atoms. The molecule has 0 unspecified atom stereocenters. The number of ketones is 2. The first kappa shape index (κ1) is 14.9. The molecule has 1 aliphatic heterocycles. The van der Waals surface area contributed by atoms with Crippen LogP contribution >= 0.6 is 0 Å². The maximum atomic E-state index is 12.2. The van der Waals surface area contributed by atoms with E-state index in [1.807, 2.05) is 36.4 Å². The van der Waals surface area contributed by atoms with Crippen molar-refractivity contribution < 1.29 is 9.59 Å². The summed E-state index contributed by atoms with van der Waals surface area (Å²) < 4.78 is 0. The van der Waals surface area contributed by atoms with Crippen molar-refractivity contribution in [3.8, 4) is 6.07 Å². The van der Waals surface area contributed by atoms with E-state index in [2.05, 4.69) is 11.0 Å². The number of carbonyl (C=O) groups excluding carboxylic acids is 2. The van der Waals surface area contributed by atoms with E-state index in [-0.39, 0.29) is 11.6 Å². The summed E-state index contributed by atoms with van der Waals surface area (Å²) in [7, 11) is 0. The fraction of sp³-hybridized carbons (Fsp3) is 0.350. The molecule has 1 saturated heterocycles. The molecule has 0 amide bonds. The van der Waals surface area contributed by atoms with Crippen molar-refractivity contribution in [3.05, 3.63) is 42.0 Å². The average Bonchev–Trinajstić information content (AvgIpc) is 2.90. The Morgan fingerprint density at radius 3 is 2.17 bits per heavy atom. The monoisotopic (exact) mass is 318 g/mol. The van der Waals surface area contributed by atoms with Crippen LogP contribution in [-0.2, 0) is 9.59 Å². The van der Waals surface area contributed by atoms with Crippen LogP contribution < -0.4 is 4.90 Å². The zero-order chi connectivity index (χ0) is 16.7. The van der Waals surface area contributed by atoms with E-state index in [1.54, 1.807) is 0 Å². The third kappa shape index (κ3) is 2.05. The quantitative estimate of drug-likeness (QED) is 0.757. The van der Waals surface area contributed by atoms with E-state index < -0.39 is 5.41 Å². The molecular formula is C20H18N2O2. The summed E-state index contributed by atoms with van der Waals surface area (Å²) in [6, 6.07) is 14.0. The minimum atomic E-state index is -0.709. The van der Waals surface area contributed by atoms with Gasteiger partial charge in [0.25, 0.3) is 0 Å². The fourth-order valence-corrected chi connectivity index (χ4v) is 4.20. The molecule has 2 aromatic carbocycles. The van der Waals surface area contributed by atoms with E-state index in [0.29, 0.717) is 44.3 Å². The van der Waals surface area contributed by atoms with Crippen molar-refractivity contribution >= 4 is 28.0 Å². The van der Waals surface area contributed by atoms with Crippen LogP contribution in [0.25, 0.3) is 10.8 Å². The predicted octanol–water partition coefficient (Wildman–Crippen LogP) is 3.23. The average molecular weight is 318 g/mol. The predicted molar refractivity (Wildman–Crippen MR) is 91.8 cm³/mol. The van der Waals surface area contributed by atoms with Gasteiger partial charge in [-0.25, -0.2) is 0 Å². The lowest BCUT2D eigenvalue weighted by atomic mass is 9.75. The van der Waals surface area contributed by atoms with Gasteiger partial charge in [0.15, 0.2) is 0 Å². The van der Waals surface area contributed by atoms with Gasteiger partial charge in [-0.1, -0.05) is 24.3 Å². The van der Waals surface area contributed by atoms with Crippen molar-refractivity contribution in [2.75, 3.05) is 18.0 Å². The second kappa shape index (κ2) is 5.45. The number of benzene rings is 2. The number of rotatable bonds is 1. The zero-order valence-electron chi connectivity index (χ0n) is 13.4. The van der Waals surface area contributed by atoms with Crippen LogP contribution in [0.2, 0.25) is 0 Å². The molecule has 1 spiro atoms. The van der Waals surface area contributed by atoms with Crippen molar-refractivity contribution in [3.63, 3.8) is 0 Å². The normalized spacial score (nSPS) is 19.9. The Labute approximate surface area is 140 Å². The number of fused-ring (bicyclic) bond motifs is 1. The van der Waals surface area contributed by atoms with E-state index in [9.17, 15) is 14.9 Å². The molecule has 0 aromatic heterocycles. The highest BCUT2D eigenvalue weighted by molar-refractivity contribution is 6.13.